The van der Waals surface area contributed by atoms with E-state index in [1.54, 1.807) is 18.2 Å². The van der Waals surface area contributed by atoms with Gasteiger partial charge in [0.05, 0.1) is 24.0 Å². The zero-order valence-electron chi connectivity index (χ0n) is 20.6. The van der Waals surface area contributed by atoms with Crippen molar-refractivity contribution in [2.45, 2.75) is 31.9 Å². The number of fused-ring (bicyclic) bond motifs is 1. The number of para-hydroxylation sites is 1. The molecule has 0 bridgehead atoms. The molecule has 1 saturated carbocycles. The fraction of sp³-hybridized carbons (Fsp3) is 0.480. The van der Waals surface area contributed by atoms with E-state index in [4.69, 9.17) is 0 Å². The maximum Gasteiger partial charge on any atom is 0.419 e. The topological polar surface area (TPSA) is 95.2 Å². The van der Waals surface area contributed by atoms with E-state index in [2.05, 4.69) is 49.3 Å². The number of nitrogens with zero attached hydrogens (tertiary/aromatic N) is 3. The van der Waals surface area contributed by atoms with Gasteiger partial charge in [0.25, 0.3) is 0 Å². The van der Waals surface area contributed by atoms with Crippen LogP contribution in [-0.4, -0.2) is 60.2 Å². The highest BCUT2D eigenvalue weighted by Crippen LogP contribution is 2.40. The number of hydrogen-bond donors (Lipinski definition) is 3. The van der Waals surface area contributed by atoms with Crippen molar-refractivity contribution in [3.63, 3.8) is 0 Å². The van der Waals surface area contributed by atoms with Gasteiger partial charge in [-0.2, -0.15) is 13.2 Å². The molecule has 3 N–H and O–H groups in total. The maximum absolute atomic E-state index is 13.9. The Hall–Kier alpha value is -3.34. The molecule has 36 heavy (non-hydrogen) atoms. The third kappa shape index (κ3) is 5.72. The first-order valence-corrected chi connectivity index (χ1v) is 12.0. The standard InChI is InChI=1S/C25H31F3N6O2/c1-34(2)14-16-8-5-4-7-15(16)11-30-23-31-13-19(25(26,27)28)21(33-23)18-12-29-22-17(18)9-6-10-20(22)32-24(35)36-3/h6,9-10,12-13,15-16,29H,4-5,7-8,11,14H2,1-3H3,(H,32,35)(H,30,31,33)/t15-,16-/m0/s1. The zero-order chi connectivity index (χ0) is 25.9. The summed E-state index contributed by atoms with van der Waals surface area (Å²) in [5.74, 6) is 1.07. The molecule has 0 spiro atoms. The third-order valence-electron chi connectivity index (χ3n) is 6.68. The largest absolute Gasteiger partial charge is 0.453 e. The minimum absolute atomic E-state index is 0.158. The van der Waals surface area contributed by atoms with Gasteiger partial charge in [-0.3, -0.25) is 5.32 Å². The molecule has 0 radical (unpaired) electrons. The predicted molar refractivity (Wildman–Crippen MR) is 133 cm³/mol. The van der Waals surface area contributed by atoms with E-state index in [1.807, 2.05) is 0 Å². The predicted octanol–water partition coefficient (Wildman–Crippen LogP) is 5.60. The van der Waals surface area contributed by atoms with E-state index in [0.717, 1.165) is 32.0 Å². The van der Waals surface area contributed by atoms with Crippen molar-refractivity contribution < 1.29 is 22.7 Å². The van der Waals surface area contributed by atoms with Crippen LogP contribution in [-0.2, 0) is 10.9 Å². The minimum Gasteiger partial charge on any atom is -0.453 e. The van der Waals surface area contributed by atoms with E-state index in [0.29, 0.717) is 35.0 Å². The molecule has 1 aromatic carbocycles. The summed E-state index contributed by atoms with van der Waals surface area (Å²) in [6.45, 7) is 1.58. The van der Waals surface area contributed by atoms with Crippen LogP contribution in [0.1, 0.15) is 31.2 Å². The number of methoxy groups -OCH3 is 1. The van der Waals surface area contributed by atoms with Gasteiger partial charge in [0.2, 0.25) is 5.95 Å². The Kier molecular flexibility index (Phi) is 7.67. The molecule has 0 aliphatic heterocycles. The molecule has 8 nitrogen and oxygen atoms in total. The number of aromatic nitrogens is 3. The van der Waals surface area contributed by atoms with E-state index in [1.165, 1.54) is 19.7 Å². The number of carbonyl (C=O) groups excluding carboxylic acids is 1. The number of benzene rings is 1. The normalized spacial score (nSPS) is 18.4. The van der Waals surface area contributed by atoms with Crippen molar-refractivity contribution in [2.75, 3.05) is 44.9 Å². The smallest absolute Gasteiger partial charge is 0.419 e. The second kappa shape index (κ2) is 10.7. The number of rotatable bonds is 7. The molecule has 1 amide bonds. The summed E-state index contributed by atoms with van der Waals surface area (Å²) in [5.41, 5.74) is -0.0403. The molecule has 0 saturated heterocycles. The monoisotopic (exact) mass is 504 g/mol. The molecular weight excluding hydrogens is 473 g/mol. The molecule has 1 aliphatic rings. The number of H-pyrrole nitrogens is 1. The van der Waals surface area contributed by atoms with E-state index >= 15 is 0 Å². The number of carbonyl (C=O) groups is 1. The van der Waals surface area contributed by atoms with E-state index in [9.17, 15) is 18.0 Å². The van der Waals surface area contributed by atoms with Gasteiger partial charge in [-0.1, -0.05) is 25.0 Å². The van der Waals surface area contributed by atoms with Gasteiger partial charge in [0, 0.05) is 36.4 Å². The van der Waals surface area contributed by atoms with Crippen LogP contribution in [0.5, 0.6) is 0 Å². The Labute approximate surface area is 207 Å². The van der Waals surface area contributed by atoms with E-state index < -0.39 is 17.8 Å². The molecule has 4 rings (SSSR count). The van der Waals surface area contributed by atoms with Crippen LogP contribution in [0.25, 0.3) is 22.2 Å². The second-order valence-corrected chi connectivity index (χ2v) is 9.45. The maximum atomic E-state index is 13.9. The molecule has 11 heteroatoms. The van der Waals surface area contributed by atoms with Gasteiger partial charge in [-0.05, 0) is 44.8 Å². The summed E-state index contributed by atoms with van der Waals surface area (Å²) in [5, 5.41) is 6.25. The van der Waals surface area contributed by atoms with Crippen LogP contribution in [0.4, 0.5) is 29.6 Å². The number of ether oxygens (including phenoxy) is 1. The molecule has 194 valence electrons. The van der Waals surface area contributed by atoms with Crippen LogP contribution in [0.3, 0.4) is 0 Å². The lowest BCUT2D eigenvalue weighted by atomic mass is 9.79. The van der Waals surface area contributed by atoms with Gasteiger partial charge in [0.1, 0.15) is 5.56 Å². The van der Waals surface area contributed by atoms with Crippen molar-refractivity contribution in [2.24, 2.45) is 11.8 Å². The van der Waals surface area contributed by atoms with Crippen LogP contribution in [0, 0.1) is 11.8 Å². The Morgan fingerprint density at radius 3 is 2.67 bits per heavy atom. The summed E-state index contributed by atoms with van der Waals surface area (Å²) < 4.78 is 46.4. The first kappa shape index (κ1) is 25.7. The first-order chi connectivity index (χ1) is 17.2. The summed E-state index contributed by atoms with van der Waals surface area (Å²) in [6, 6.07) is 4.95. The van der Waals surface area contributed by atoms with Crippen molar-refractivity contribution in [1.29, 1.82) is 0 Å². The molecule has 1 aliphatic carbocycles. The lowest BCUT2D eigenvalue weighted by Gasteiger charge is -2.33. The Morgan fingerprint density at radius 1 is 1.22 bits per heavy atom. The lowest BCUT2D eigenvalue weighted by Crippen LogP contribution is -2.33. The fourth-order valence-electron chi connectivity index (χ4n) is 4.98. The minimum atomic E-state index is -4.64. The molecule has 2 heterocycles. The SMILES string of the molecule is COC(=O)Nc1cccc2c(-c3nc(NC[C@@H]4CCCC[C@H]4CN(C)C)ncc3C(F)(F)F)c[nH]c12. The van der Waals surface area contributed by atoms with Gasteiger partial charge in [0.15, 0.2) is 0 Å². The van der Waals surface area contributed by atoms with Gasteiger partial charge < -0.3 is 19.9 Å². The third-order valence-corrected chi connectivity index (χ3v) is 6.68. The van der Waals surface area contributed by atoms with Crippen molar-refractivity contribution in [1.82, 2.24) is 19.9 Å². The van der Waals surface area contributed by atoms with Crippen LogP contribution >= 0.6 is 0 Å². The highest BCUT2D eigenvalue weighted by molar-refractivity contribution is 6.04. The number of halogens is 3. The second-order valence-electron chi connectivity index (χ2n) is 9.45. The number of anilines is 2. The van der Waals surface area contributed by atoms with Crippen LogP contribution < -0.4 is 10.6 Å². The molecular formula is C25H31F3N6O2. The molecule has 3 aromatic rings. The Bertz CT molecular complexity index is 1210. The van der Waals surface area contributed by atoms with Crippen LogP contribution in [0.2, 0.25) is 0 Å². The summed E-state index contributed by atoms with van der Waals surface area (Å²) >= 11 is 0. The highest BCUT2D eigenvalue weighted by Gasteiger charge is 2.36. The molecule has 1 fully saturated rings. The van der Waals surface area contributed by atoms with Crippen molar-refractivity contribution >= 4 is 28.6 Å². The first-order valence-electron chi connectivity index (χ1n) is 12.0. The zero-order valence-corrected chi connectivity index (χ0v) is 20.6. The molecule has 2 atom stereocenters. The molecule has 2 aromatic heterocycles. The summed E-state index contributed by atoms with van der Waals surface area (Å²) in [4.78, 5) is 25.2. The number of amides is 1. The van der Waals surface area contributed by atoms with Gasteiger partial charge >= 0.3 is 12.3 Å². The summed E-state index contributed by atoms with van der Waals surface area (Å²) in [7, 11) is 5.34. The Balaban J connectivity index is 1.66. The lowest BCUT2D eigenvalue weighted by molar-refractivity contribution is -0.137. The fourth-order valence-corrected chi connectivity index (χ4v) is 4.98. The van der Waals surface area contributed by atoms with Gasteiger partial charge in [-0.25, -0.2) is 14.8 Å². The number of hydrogen-bond acceptors (Lipinski definition) is 6. The van der Waals surface area contributed by atoms with Crippen molar-refractivity contribution in [3.8, 4) is 11.3 Å². The van der Waals surface area contributed by atoms with Crippen LogP contribution in [0.15, 0.2) is 30.6 Å². The number of alkyl halides is 3. The van der Waals surface area contributed by atoms with Crippen molar-refractivity contribution in [3.05, 3.63) is 36.2 Å². The summed E-state index contributed by atoms with van der Waals surface area (Å²) in [6.07, 6.45) is 1.52. The highest BCUT2D eigenvalue weighted by atomic mass is 19.4. The number of nitrogens with one attached hydrogen (secondary N) is 3. The molecule has 0 unspecified atom stereocenters. The van der Waals surface area contributed by atoms with Gasteiger partial charge in [-0.15, -0.1) is 0 Å². The quantitative estimate of drug-likeness (QED) is 0.388. The Morgan fingerprint density at radius 2 is 1.97 bits per heavy atom. The average Bonchev–Trinajstić information content (AvgIpc) is 3.27. The number of aromatic amines is 1. The van der Waals surface area contributed by atoms with E-state index in [-0.39, 0.29) is 17.2 Å². The average molecular weight is 505 g/mol.